The summed E-state index contributed by atoms with van der Waals surface area (Å²) in [6, 6.07) is 5.14. The normalized spacial score (nSPS) is 19.3. The molecule has 24 heavy (non-hydrogen) atoms. The number of amides is 1. The first-order valence-electron chi connectivity index (χ1n) is 7.73. The highest BCUT2D eigenvalue weighted by atomic mass is 32.2. The standard InChI is InChI=1S/C15H20N4O3S2/c1-11-5-6-14(23-11)24(21,22)19-8-3-4-12(10-19)15(20)16-13-7-9-18(2)17-13/h5-7,9,12H,3-4,8,10H2,1-2H3,(H,16,17,20)/t12-/m0/s1. The molecule has 1 N–H and O–H groups in total. The van der Waals surface area contributed by atoms with E-state index in [9.17, 15) is 13.2 Å². The van der Waals surface area contributed by atoms with Crippen LogP contribution in [0.3, 0.4) is 0 Å². The second kappa shape index (κ2) is 6.66. The van der Waals surface area contributed by atoms with Gasteiger partial charge in [0.1, 0.15) is 4.21 Å². The van der Waals surface area contributed by atoms with Gasteiger partial charge in [-0.2, -0.15) is 9.40 Å². The minimum Gasteiger partial charge on any atom is -0.309 e. The predicted molar refractivity (Wildman–Crippen MR) is 92.4 cm³/mol. The highest BCUT2D eigenvalue weighted by Gasteiger charge is 2.34. The molecule has 130 valence electrons. The average Bonchev–Trinajstić information content (AvgIpc) is 3.16. The number of rotatable bonds is 4. The molecular weight excluding hydrogens is 348 g/mol. The van der Waals surface area contributed by atoms with Gasteiger partial charge in [-0.25, -0.2) is 8.42 Å². The summed E-state index contributed by atoms with van der Waals surface area (Å²) >= 11 is 1.26. The van der Waals surface area contributed by atoms with Crippen molar-refractivity contribution in [2.24, 2.45) is 13.0 Å². The summed E-state index contributed by atoms with van der Waals surface area (Å²) in [5, 5.41) is 6.88. The lowest BCUT2D eigenvalue weighted by Crippen LogP contribution is -2.43. The first kappa shape index (κ1) is 17.1. The van der Waals surface area contributed by atoms with Crippen molar-refractivity contribution in [3.8, 4) is 0 Å². The van der Waals surface area contributed by atoms with Gasteiger partial charge in [0, 0.05) is 37.3 Å². The number of hydrogen-bond donors (Lipinski definition) is 1. The zero-order valence-corrected chi connectivity index (χ0v) is 15.2. The van der Waals surface area contributed by atoms with Gasteiger partial charge in [-0.05, 0) is 31.9 Å². The maximum atomic E-state index is 12.7. The number of anilines is 1. The highest BCUT2D eigenvalue weighted by Crippen LogP contribution is 2.28. The maximum Gasteiger partial charge on any atom is 0.252 e. The minimum absolute atomic E-state index is 0.184. The summed E-state index contributed by atoms with van der Waals surface area (Å²) < 4.78 is 28.8. The predicted octanol–water partition coefficient (Wildman–Crippen LogP) is 1.83. The van der Waals surface area contributed by atoms with Crippen molar-refractivity contribution in [3.63, 3.8) is 0 Å². The number of sulfonamides is 1. The molecule has 0 aromatic carbocycles. The molecule has 9 heteroatoms. The van der Waals surface area contributed by atoms with Crippen LogP contribution in [-0.4, -0.2) is 41.5 Å². The molecule has 0 bridgehead atoms. The molecule has 1 saturated heterocycles. The van der Waals surface area contributed by atoms with Crippen molar-refractivity contribution < 1.29 is 13.2 Å². The van der Waals surface area contributed by atoms with Crippen LogP contribution in [0.25, 0.3) is 0 Å². The van der Waals surface area contributed by atoms with E-state index in [1.54, 1.807) is 36.1 Å². The quantitative estimate of drug-likeness (QED) is 0.892. The SMILES string of the molecule is Cc1ccc(S(=O)(=O)N2CCC[C@H](C(=O)Nc3ccn(C)n3)C2)s1. The van der Waals surface area contributed by atoms with Gasteiger partial charge >= 0.3 is 0 Å². The molecule has 0 saturated carbocycles. The van der Waals surface area contributed by atoms with E-state index in [1.165, 1.54) is 15.6 Å². The van der Waals surface area contributed by atoms with E-state index in [0.717, 1.165) is 4.88 Å². The summed E-state index contributed by atoms with van der Waals surface area (Å²) in [6.07, 6.45) is 3.09. The molecule has 2 aromatic rings. The molecule has 1 aliphatic heterocycles. The molecule has 0 unspecified atom stereocenters. The van der Waals surface area contributed by atoms with Crippen LogP contribution in [0.4, 0.5) is 5.82 Å². The number of nitrogens with one attached hydrogen (secondary N) is 1. The molecule has 0 radical (unpaired) electrons. The van der Waals surface area contributed by atoms with Crippen molar-refractivity contribution in [3.05, 3.63) is 29.3 Å². The molecule has 1 aliphatic rings. The second-order valence-electron chi connectivity index (χ2n) is 5.93. The lowest BCUT2D eigenvalue weighted by Gasteiger charge is -2.30. The third-order valence-electron chi connectivity index (χ3n) is 4.03. The number of piperidine rings is 1. The molecule has 1 fully saturated rings. The first-order valence-corrected chi connectivity index (χ1v) is 9.99. The van der Waals surface area contributed by atoms with Gasteiger partial charge in [0.15, 0.2) is 5.82 Å². The van der Waals surface area contributed by atoms with Crippen molar-refractivity contribution in [2.75, 3.05) is 18.4 Å². The number of carbonyl (C=O) groups excluding carboxylic acids is 1. The van der Waals surface area contributed by atoms with Crippen LogP contribution in [-0.2, 0) is 21.9 Å². The number of thiophene rings is 1. The number of aromatic nitrogens is 2. The number of nitrogens with zero attached hydrogens (tertiary/aromatic N) is 3. The van der Waals surface area contributed by atoms with E-state index >= 15 is 0 Å². The Bertz CT molecular complexity index is 841. The largest absolute Gasteiger partial charge is 0.309 e. The van der Waals surface area contributed by atoms with Gasteiger partial charge in [0.2, 0.25) is 5.91 Å². The van der Waals surface area contributed by atoms with Gasteiger partial charge in [-0.15, -0.1) is 11.3 Å². The Hall–Kier alpha value is -1.71. The minimum atomic E-state index is -3.52. The fourth-order valence-corrected chi connectivity index (χ4v) is 5.72. The zero-order valence-electron chi connectivity index (χ0n) is 13.6. The van der Waals surface area contributed by atoms with Gasteiger partial charge < -0.3 is 5.32 Å². The molecule has 3 heterocycles. The zero-order chi connectivity index (χ0) is 17.3. The Morgan fingerprint density at radius 1 is 1.38 bits per heavy atom. The van der Waals surface area contributed by atoms with Crippen molar-refractivity contribution >= 4 is 33.1 Å². The van der Waals surface area contributed by atoms with Crippen LogP contribution < -0.4 is 5.32 Å². The number of hydrogen-bond acceptors (Lipinski definition) is 5. The topological polar surface area (TPSA) is 84.3 Å². The fourth-order valence-electron chi connectivity index (χ4n) is 2.76. The molecular formula is C15H20N4O3S2. The molecule has 0 spiro atoms. The lowest BCUT2D eigenvalue weighted by molar-refractivity contribution is -0.120. The summed E-state index contributed by atoms with van der Waals surface area (Å²) in [6.45, 7) is 2.54. The summed E-state index contributed by atoms with van der Waals surface area (Å²) in [7, 11) is -1.75. The summed E-state index contributed by atoms with van der Waals surface area (Å²) in [5.74, 6) is -0.0658. The monoisotopic (exact) mass is 368 g/mol. The van der Waals surface area contributed by atoms with E-state index in [1.807, 2.05) is 6.92 Å². The van der Waals surface area contributed by atoms with E-state index in [4.69, 9.17) is 0 Å². The van der Waals surface area contributed by atoms with E-state index in [-0.39, 0.29) is 18.4 Å². The summed E-state index contributed by atoms with van der Waals surface area (Å²) in [4.78, 5) is 13.4. The molecule has 1 atom stereocenters. The van der Waals surface area contributed by atoms with Gasteiger partial charge in [0.05, 0.1) is 5.92 Å². The van der Waals surface area contributed by atoms with Gasteiger partial charge in [-0.3, -0.25) is 9.48 Å². The van der Waals surface area contributed by atoms with E-state index in [0.29, 0.717) is 29.4 Å². The van der Waals surface area contributed by atoms with Crippen LogP contribution in [0, 0.1) is 12.8 Å². The first-order chi connectivity index (χ1) is 11.4. The Kier molecular flexibility index (Phi) is 4.75. The van der Waals surface area contributed by atoms with Crippen molar-refractivity contribution in [1.29, 1.82) is 0 Å². The van der Waals surface area contributed by atoms with Crippen molar-refractivity contribution in [2.45, 2.75) is 24.0 Å². The van der Waals surface area contributed by atoms with Crippen LogP contribution >= 0.6 is 11.3 Å². The van der Waals surface area contributed by atoms with E-state index in [2.05, 4.69) is 10.4 Å². The Morgan fingerprint density at radius 2 is 2.17 bits per heavy atom. The Labute approximate surface area is 145 Å². The van der Waals surface area contributed by atoms with Gasteiger partial charge in [-0.1, -0.05) is 0 Å². The third-order valence-corrected chi connectivity index (χ3v) is 7.36. The Morgan fingerprint density at radius 3 is 2.79 bits per heavy atom. The molecule has 7 nitrogen and oxygen atoms in total. The van der Waals surface area contributed by atoms with Crippen LogP contribution in [0.2, 0.25) is 0 Å². The maximum absolute atomic E-state index is 12.7. The van der Waals surface area contributed by atoms with Crippen molar-refractivity contribution in [1.82, 2.24) is 14.1 Å². The molecule has 2 aromatic heterocycles. The summed E-state index contributed by atoms with van der Waals surface area (Å²) in [5.41, 5.74) is 0. The number of carbonyl (C=O) groups is 1. The average molecular weight is 368 g/mol. The van der Waals surface area contributed by atoms with Crippen LogP contribution in [0.5, 0.6) is 0 Å². The molecule has 3 rings (SSSR count). The van der Waals surface area contributed by atoms with Crippen LogP contribution in [0.15, 0.2) is 28.6 Å². The van der Waals surface area contributed by atoms with Gasteiger partial charge in [0.25, 0.3) is 10.0 Å². The molecule has 1 amide bonds. The third kappa shape index (κ3) is 3.52. The number of aryl methyl sites for hydroxylation is 2. The highest BCUT2D eigenvalue weighted by molar-refractivity contribution is 7.91. The Balaban J connectivity index is 1.71. The molecule has 0 aliphatic carbocycles. The fraction of sp³-hybridized carbons (Fsp3) is 0.467. The van der Waals surface area contributed by atoms with Crippen LogP contribution in [0.1, 0.15) is 17.7 Å². The van der Waals surface area contributed by atoms with E-state index < -0.39 is 10.0 Å². The second-order valence-corrected chi connectivity index (χ2v) is 9.38. The lowest BCUT2D eigenvalue weighted by atomic mass is 9.99. The smallest absolute Gasteiger partial charge is 0.252 e.